The molecule has 4 heterocycles. The number of aryl methyl sites for hydroxylation is 1. The van der Waals surface area contributed by atoms with Crippen molar-refractivity contribution < 1.29 is 23.9 Å². The second-order valence-electron chi connectivity index (χ2n) is 15.4. The van der Waals surface area contributed by atoms with Crippen LogP contribution in [0.3, 0.4) is 0 Å². The number of aromatic nitrogens is 5. The lowest BCUT2D eigenvalue weighted by molar-refractivity contribution is -0.135. The van der Waals surface area contributed by atoms with E-state index in [1.807, 2.05) is 54.6 Å². The molecule has 2 atom stereocenters. The number of esters is 2. The molecule has 4 aromatic heterocycles. The summed E-state index contributed by atoms with van der Waals surface area (Å²) >= 11 is 20.6. The fraction of sp³-hybridized carbons (Fsp3) is 0.173. The number of fused-ring (bicyclic) bond motifs is 2. The summed E-state index contributed by atoms with van der Waals surface area (Å²) in [6.07, 6.45) is 9.98. The highest BCUT2D eigenvalue weighted by atomic mass is 35.5. The van der Waals surface area contributed by atoms with Gasteiger partial charge in [-0.2, -0.15) is 0 Å². The van der Waals surface area contributed by atoms with Gasteiger partial charge in [0.15, 0.2) is 11.5 Å². The number of nitrogens with zero attached hydrogens (tertiary/aromatic N) is 7. The molecule has 0 spiro atoms. The summed E-state index contributed by atoms with van der Waals surface area (Å²) in [5.41, 5.74) is 4.27. The summed E-state index contributed by atoms with van der Waals surface area (Å²) in [6.45, 7) is 3.48. The number of hydrogen-bond acceptors (Lipinski definition) is 12. The monoisotopic (exact) mass is 964 g/mol. The van der Waals surface area contributed by atoms with Crippen LogP contribution in [0, 0.1) is 0 Å². The molecule has 0 saturated carbocycles. The molecule has 342 valence electrons. The Balaban J connectivity index is 1.10. The van der Waals surface area contributed by atoms with Gasteiger partial charge in [0.1, 0.15) is 22.7 Å². The number of benzene rings is 4. The average Bonchev–Trinajstić information content (AvgIpc) is 3.37. The predicted octanol–water partition coefficient (Wildman–Crippen LogP) is 11.6. The van der Waals surface area contributed by atoms with Crippen LogP contribution in [0.5, 0.6) is 11.5 Å². The number of nitrogens with one attached hydrogen (secondary N) is 1. The van der Waals surface area contributed by atoms with Gasteiger partial charge in [-0.25, -0.2) is 9.97 Å². The molecule has 0 saturated heterocycles. The molecule has 13 nitrogen and oxygen atoms in total. The largest absolute Gasteiger partial charge is 0.424 e. The predicted molar refractivity (Wildman–Crippen MR) is 266 cm³/mol. The molecule has 0 aliphatic rings. The van der Waals surface area contributed by atoms with E-state index in [0.717, 1.165) is 5.39 Å². The zero-order valence-corrected chi connectivity index (χ0v) is 39.3. The zero-order valence-electron chi connectivity index (χ0n) is 37.1. The van der Waals surface area contributed by atoms with Crippen LogP contribution >= 0.6 is 34.8 Å². The van der Waals surface area contributed by atoms with Gasteiger partial charge in [0, 0.05) is 78.6 Å². The summed E-state index contributed by atoms with van der Waals surface area (Å²) in [5, 5.41) is 5.88. The lowest BCUT2D eigenvalue weighted by atomic mass is 9.94. The topological polar surface area (TPSA) is 162 Å². The van der Waals surface area contributed by atoms with Crippen molar-refractivity contribution in [3.63, 3.8) is 0 Å². The number of carbonyl (C=O) groups excluding carboxylic acids is 3. The molecule has 4 aromatic carbocycles. The fourth-order valence-electron chi connectivity index (χ4n) is 7.81. The maximum atomic E-state index is 14.0. The van der Waals surface area contributed by atoms with E-state index in [4.69, 9.17) is 49.3 Å². The molecular formula is C52H43Cl3N8O5. The Kier molecular flexibility index (Phi) is 14.9. The van der Waals surface area contributed by atoms with Crippen molar-refractivity contribution in [2.45, 2.75) is 51.6 Å². The standard InChI is InChI=1S/C52H43Cl3N8O5/c1-4-42(64)63(41-18-6-7-25-57-41)50(36-16-9-17-39(53)46(36)55)38-23-20-32-14-11-27-59-48(32)52(38)68-44(66)24-21-34-29-61-40(30-60-34)62-49(35-15-8-12-33(28-56-3)45(35)54)37-22-19-31-13-10-26-58-47(31)51(37)67-43(65)5-2/h6-20,22-23,25-30,49-50H,4-5,21,24H2,1-3H3,(H,61,62). The SMILES string of the molecule is CCC(=O)Oc1c(C(Nc2cnc(CCC(=O)Oc3c(C(c4cccc(Cl)c4Cl)N(C(=O)CC)c4ccccn4)ccc4cccnc34)cn2)c2cccc(C=NC)c2Cl)ccc2cccnc12. The summed E-state index contributed by atoms with van der Waals surface area (Å²) in [6, 6.07) is 29.1. The zero-order chi connectivity index (χ0) is 47.7. The number of anilines is 2. The summed E-state index contributed by atoms with van der Waals surface area (Å²) < 4.78 is 12.3. The highest BCUT2D eigenvalue weighted by Crippen LogP contribution is 2.45. The molecule has 0 radical (unpaired) electrons. The number of ether oxygens (including phenoxy) is 2. The number of halogens is 3. The lowest BCUT2D eigenvalue weighted by Gasteiger charge is -2.33. The highest BCUT2D eigenvalue weighted by Gasteiger charge is 2.34. The van der Waals surface area contributed by atoms with E-state index < -0.39 is 24.0 Å². The molecule has 1 amide bonds. The Hall–Kier alpha value is -7.32. The molecule has 68 heavy (non-hydrogen) atoms. The third-order valence-electron chi connectivity index (χ3n) is 11.1. The Morgan fingerprint density at radius 3 is 2.00 bits per heavy atom. The van der Waals surface area contributed by atoms with Gasteiger partial charge >= 0.3 is 11.9 Å². The van der Waals surface area contributed by atoms with Crippen molar-refractivity contribution in [2.75, 3.05) is 17.3 Å². The maximum Gasteiger partial charge on any atom is 0.311 e. The second kappa shape index (κ2) is 21.5. The van der Waals surface area contributed by atoms with Gasteiger partial charge in [-0.15, -0.1) is 0 Å². The Morgan fingerprint density at radius 2 is 1.34 bits per heavy atom. The van der Waals surface area contributed by atoms with Gasteiger partial charge in [0.25, 0.3) is 0 Å². The van der Waals surface area contributed by atoms with Gasteiger partial charge in [0.2, 0.25) is 5.91 Å². The lowest BCUT2D eigenvalue weighted by Crippen LogP contribution is -2.36. The van der Waals surface area contributed by atoms with Gasteiger partial charge in [-0.3, -0.25) is 39.2 Å². The minimum Gasteiger partial charge on any atom is -0.424 e. The van der Waals surface area contributed by atoms with Crippen LogP contribution in [0.4, 0.5) is 11.6 Å². The van der Waals surface area contributed by atoms with Crippen LogP contribution in [0.15, 0.2) is 139 Å². The van der Waals surface area contributed by atoms with Crippen molar-refractivity contribution in [1.29, 1.82) is 0 Å². The van der Waals surface area contributed by atoms with Crippen molar-refractivity contribution in [3.05, 3.63) is 183 Å². The van der Waals surface area contributed by atoms with Crippen LogP contribution in [0.2, 0.25) is 15.1 Å². The average molecular weight is 966 g/mol. The molecule has 0 aliphatic carbocycles. The second-order valence-corrected chi connectivity index (χ2v) is 16.5. The third kappa shape index (κ3) is 10.2. The number of aliphatic imine (C=N–C) groups is 1. The first kappa shape index (κ1) is 47.2. The van der Waals surface area contributed by atoms with Crippen LogP contribution in [-0.4, -0.2) is 56.0 Å². The number of amides is 1. The quantitative estimate of drug-likeness (QED) is 0.0557. The van der Waals surface area contributed by atoms with E-state index in [-0.39, 0.29) is 53.1 Å². The van der Waals surface area contributed by atoms with E-state index in [1.165, 1.54) is 4.90 Å². The summed E-state index contributed by atoms with van der Waals surface area (Å²) in [4.78, 5) is 69.7. The van der Waals surface area contributed by atoms with Crippen LogP contribution in [0.1, 0.15) is 78.7 Å². The number of pyridine rings is 3. The van der Waals surface area contributed by atoms with Crippen LogP contribution < -0.4 is 19.7 Å². The molecule has 0 bridgehead atoms. The minimum atomic E-state index is -0.940. The third-order valence-corrected chi connectivity index (χ3v) is 12.3. The van der Waals surface area contributed by atoms with Crippen molar-refractivity contribution >= 4 is 92.3 Å². The number of rotatable bonds is 16. The van der Waals surface area contributed by atoms with Crippen LogP contribution in [-0.2, 0) is 20.8 Å². The van der Waals surface area contributed by atoms with Crippen molar-refractivity contribution in [2.24, 2.45) is 4.99 Å². The number of carbonyl (C=O) groups is 3. The first-order valence-corrected chi connectivity index (χ1v) is 22.8. The smallest absolute Gasteiger partial charge is 0.311 e. The van der Waals surface area contributed by atoms with E-state index in [1.54, 1.807) is 107 Å². The molecule has 0 fully saturated rings. The molecule has 8 rings (SSSR count). The summed E-state index contributed by atoms with van der Waals surface area (Å²) in [7, 11) is 1.66. The highest BCUT2D eigenvalue weighted by molar-refractivity contribution is 6.42. The molecule has 16 heteroatoms. The Labute approximate surface area is 407 Å². The van der Waals surface area contributed by atoms with Gasteiger partial charge in [-0.05, 0) is 41.5 Å². The minimum absolute atomic E-state index is 0.0925. The van der Waals surface area contributed by atoms with Gasteiger partial charge in [-0.1, -0.05) is 121 Å². The van der Waals surface area contributed by atoms with Gasteiger partial charge in [0.05, 0.1) is 51.7 Å². The molecule has 0 aliphatic heterocycles. The Morgan fingerprint density at radius 1 is 0.662 bits per heavy atom. The number of hydrogen-bond donors (Lipinski definition) is 1. The van der Waals surface area contributed by atoms with Gasteiger partial charge < -0.3 is 14.8 Å². The van der Waals surface area contributed by atoms with Crippen molar-refractivity contribution in [1.82, 2.24) is 24.9 Å². The van der Waals surface area contributed by atoms with E-state index in [0.29, 0.717) is 66.6 Å². The molecular weight excluding hydrogens is 923 g/mol. The van der Waals surface area contributed by atoms with Crippen molar-refractivity contribution in [3.8, 4) is 11.5 Å². The first-order valence-electron chi connectivity index (χ1n) is 21.7. The Bertz CT molecular complexity index is 3180. The molecule has 2 unspecified atom stereocenters. The summed E-state index contributed by atoms with van der Waals surface area (Å²) in [5.74, 6) is -0.107. The van der Waals surface area contributed by atoms with E-state index >= 15 is 0 Å². The first-order chi connectivity index (χ1) is 33.1. The van der Waals surface area contributed by atoms with E-state index in [2.05, 4.69) is 30.2 Å². The molecule has 8 aromatic rings. The molecule has 1 N–H and O–H groups in total. The fourth-order valence-corrected chi connectivity index (χ4v) is 8.51. The maximum absolute atomic E-state index is 14.0. The normalized spacial score (nSPS) is 12.2. The van der Waals surface area contributed by atoms with Crippen LogP contribution in [0.25, 0.3) is 21.8 Å². The van der Waals surface area contributed by atoms with E-state index in [9.17, 15) is 14.4 Å².